The third-order valence-corrected chi connectivity index (χ3v) is 13.2. The Hall–Kier alpha value is -4.59. The maximum Gasteiger partial charge on any atom is 0.303 e. The van der Waals surface area contributed by atoms with Gasteiger partial charge in [0.05, 0.1) is 28.7 Å². The molecule has 26 nitrogen and oxygen atoms in total. The number of nitrogens with two attached hydrogens (primary N) is 12. The third kappa shape index (κ3) is 43.5. The van der Waals surface area contributed by atoms with E-state index in [4.69, 9.17) is 85.5 Å². The second-order valence-electron chi connectivity index (χ2n) is 12.8. The van der Waals surface area contributed by atoms with Crippen LogP contribution in [0.1, 0.15) is 55.4 Å². The molecule has 0 amide bonds. The lowest BCUT2D eigenvalue weighted by molar-refractivity contribution is -0.145. The number of Topliss-reactive ketones (excluding diaryl/α,β-unsaturated/α-hetero) is 2. The van der Waals surface area contributed by atoms with E-state index in [0.717, 1.165) is 70.1 Å². The number of ether oxygens (including phenoxy) is 1. The number of aliphatic hydroxyl groups excluding tert-OH is 1. The molecule has 0 aromatic carbocycles. The van der Waals surface area contributed by atoms with Crippen molar-refractivity contribution < 1.29 is 36.6 Å². The van der Waals surface area contributed by atoms with Crippen molar-refractivity contribution >= 4 is 190 Å². The van der Waals surface area contributed by atoms with Crippen LogP contribution >= 0.6 is 117 Å². The molecule has 0 bridgehead atoms. The molecular formula is C36H61Cl3N21O5S8-. The van der Waals surface area contributed by atoms with Gasteiger partial charge in [-0.05, 0) is 36.6 Å². The Kier molecular flexibility index (Phi) is 44.6. The molecule has 0 aliphatic carbocycles. The Bertz CT molecular complexity index is 2330. The zero-order chi connectivity index (χ0) is 53.6. The first-order valence-corrected chi connectivity index (χ1v) is 27.9. The summed E-state index contributed by atoms with van der Waals surface area (Å²) >= 11 is 20.5. The van der Waals surface area contributed by atoms with Gasteiger partial charge in [0.2, 0.25) is 20.5 Å². The van der Waals surface area contributed by atoms with Gasteiger partial charge < -0.3 is 91.1 Å². The van der Waals surface area contributed by atoms with Gasteiger partial charge in [0, 0.05) is 70.8 Å². The molecule has 37 heteroatoms. The van der Waals surface area contributed by atoms with Crippen molar-refractivity contribution in [1.29, 1.82) is 0 Å². The molecule has 0 aliphatic heterocycles. The number of aliphatic hydroxyl groups is 1. The smallest absolute Gasteiger partial charge is 0.303 e. The second-order valence-corrected chi connectivity index (χ2v) is 20.2. The summed E-state index contributed by atoms with van der Waals surface area (Å²) in [5.74, 6) is 4.74. The quantitative estimate of drug-likeness (QED) is 0.00976. The number of guanidine groups is 5. The summed E-state index contributed by atoms with van der Waals surface area (Å²) < 4.78 is 4.63. The van der Waals surface area contributed by atoms with Crippen molar-refractivity contribution in [3.05, 3.63) is 44.3 Å². The summed E-state index contributed by atoms with van der Waals surface area (Å²) in [6, 6.07) is 0. The minimum absolute atomic E-state index is 0. The molecule has 0 spiro atoms. The van der Waals surface area contributed by atoms with E-state index in [9.17, 15) is 14.4 Å². The number of thiazole rings is 4. The average Bonchev–Trinajstić information content (AvgIpc) is 4.12. The Morgan fingerprint density at radius 3 is 1.23 bits per heavy atom. The molecule has 0 saturated heterocycles. The molecule has 0 radical (unpaired) electrons. The Morgan fingerprint density at radius 1 is 0.616 bits per heavy atom. The molecule has 4 aromatic heterocycles. The van der Waals surface area contributed by atoms with Crippen LogP contribution in [0.15, 0.2) is 46.5 Å². The van der Waals surface area contributed by atoms with Gasteiger partial charge >= 0.3 is 5.97 Å². The van der Waals surface area contributed by atoms with Gasteiger partial charge in [0.1, 0.15) is 13.2 Å². The van der Waals surface area contributed by atoms with Gasteiger partial charge in [0.15, 0.2) is 46.5 Å². The maximum atomic E-state index is 11.4. The number of alkyl halides is 1. The normalized spacial score (nSPS) is 9.53. The number of nitrogens with zero attached hydrogens (tertiary/aromatic N) is 9. The van der Waals surface area contributed by atoms with Crippen LogP contribution in [-0.4, -0.2) is 115 Å². The standard InChI is InChI=1S/C12H18N4O3S2.C10H16N4O2S2.C7H13N5S2.C5H7ClN4S.C2H6N4S.2ClH/c1-8(17)19-5-10(18)3-2-4-20-6-9-7-21-12(15-9)16-11(13)14;11-9(12)14-10-13-7(6-18-10)5-17-3-1-2-8(16)4-15;8-1-2-13-3-5-4-14-7(11-5)12-6(9)10;6-1-3-2-11-5(9-3)10-4(7)8;3-1(4)6-2(5)7;;/h7H,2-6H2,1H3,(H4,13,14,15,16);6,15H,1-5H2,(H4,11,12,13,14);4H,1-3,8H2,(H4,9,10,11,12);2H,1H2,(H4,7,8,9,10);(H6,3,4,5,6,7);2*1H/p-1. The molecule has 0 saturated carbocycles. The number of rotatable bonds is 24. The summed E-state index contributed by atoms with van der Waals surface area (Å²) in [6.45, 7) is 1.48. The lowest BCUT2D eigenvalue weighted by Crippen LogP contribution is -3.00. The molecule has 4 rings (SSSR count). The monoisotopic (exact) mass is 1230 g/mol. The van der Waals surface area contributed by atoms with E-state index >= 15 is 0 Å². The lowest BCUT2D eigenvalue weighted by atomic mass is 10.2. The van der Waals surface area contributed by atoms with E-state index in [-0.39, 0.29) is 84.5 Å². The molecule has 0 atom stereocenters. The fourth-order valence-electron chi connectivity index (χ4n) is 3.91. The number of ketones is 2. The van der Waals surface area contributed by atoms with Gasteiger partial charge in [-0.2, -0.15) is 60.2 Å². The van der Waals surface area contributed by atoms with Crippen LogP contribution in [0.3, 0.4) is 0 Å². The molecule has 4 aromatic rings. The van der Waals surface area contributed by atoms with Gasteiger partial charge in [0.25, 0.3) is 0 Å². The maximum absolute atomic E-state index is 11.4. The van der Waals surface area contributed by atoms with Crippen LogP contribution in [0.4, 0.5) is 20.5 Å². The Balaban J connectivity index is -0.000000866. The Labute approximate surface area is 473 Å². The first-order valence-electron chi connectivity index (χ1n) is 20.0. The Morgan fingerprint density at radius 2 is 0.959 bits per heavy atom. The van der Waals surface area contributed by atoms with E-state index in [2.05, 4.69) is 61.9 Å². The SMILES string of the molecule is CC(=O)OCC(=O)CCCSCc1csc(N=C(N)N)n1.Cl.NC(=S)N=C(N)N.NC(N)=Nc1nc(CCl)cs1.NC(N)=Nc1nc(CSCCCC(=O)CO)cs1.NCCSCc1csc(N=C(N)N)n1.[Cl-]. The summed E-state index contributed by atoms with van der Waals surface area (Å²) in [7, 11) is 0. The van der Waals surface area contributed by atoms with E-state index in [1.807, 2.05) is 21.5 Å². The number of hydrogen-bond acceptors (Lipinski definition) is 22. The molecule has 0 fully saturated rings. The highest BCUT2D eigenvalue weighted by Crippen LogP contribution is 2.24. The fourth-order valence-corrected chi connectivity index (χ4v) is 9.75. The predicted molar refractivity (Wildman–Crippen MR) is 309 cm³/mol. The van der Waals surface area contributed by atoms with Crippen LogP contribution in [0, 0.1) is 0 Å². The molecule has 410 valence electrons. The van der Waals surface area contributed by atoms with E-state index in [1.165, 1.54) is 52.3 Å². The van der Waals surface area contributed by atoms with Crippen LogP contribution in [0.25, 0.3) is 0 Å². The molecule has 25 N–H and O–H groups in total. The summed E-state index contributed by atoms with van der Waals surface area (Å²) in [5, 5.41) is 18.3. The summed E-state index contributed by atoms with van der Waals surface area (Å²) in [4.78, 5) is 68.1. The highest BCUT2D eigenvalue weighted by atomic mass is 35.5. The number of aromatic nitrogens is 4. The van der Waals surface area contributed by atoms with E-state index in [0.29, 0.717) is 45.8 Å². The number of aliphatic imine (C=N–C) groups is 5. The lowest BCUT2D eigenvalue weighted by Gasteiger charge is -2.01. The van der Waals surface area contributed by atoms with Gasteiger partial charge in [-0.25, -0.2) is 19.9 Å². The predicted octanol–water partition coefficient (Wildman–Crippen LogP) is -1.23. The van der Waals surface area contributed by atoms with Gasteiger partial charge in [-0.3, -0.25) is 14.4 Å². The number of esters is 1. The first-order chi connectivity index (χ1) is 33.6. The van der Waals surface area contributed by atoms with Crippen molar-refractivity contribution in [2.24, 2.45) is 93.8 Å². The minimum atomic E-state index is -0.433. The van der Waals surface area contributed by atoms with E-state index in [1.54, 1.807) is 35.3 Å². The van der Waals surface area contributed by atoms with Gasteiger partial charge in [-0.15, -0.1) is 69.4 Å². The summed E-state index contributed by atoms with van der Waals surface area (Å²) in [6.07, 6.45) is 2.36. The molecule has 0 aliphatic rings. The van der Waals surface area contributed by atoms with Crippen molar-refractivity contribution in [2.75, 3.05) is 37.0 Å². The number of halogens is 3. The molecule has 73 heavy (non-hydrogen) atoms. The zero-order valence-corrected chi connectivity index (χ0v) is 48.0. The zero-order valence-electron chi connectivity index (χ0n) is 39.2. The topological polar surface area (TPSA) is 506 Å². The number of carbonyl (C=O) groups is 3. The van der Waals surface area contributed by atoms with E-state index < -0.39 is 5.97 Å². The minimum Gasteiger partial charge on any atom is -1.00 e. The number of carbonyl (C=O) groups excluding carboxylic acids is 3. The number of thiocarbonyl (C=S) groups is 1. The average molecular weight is 1230 g/mol. The van der Waals surface area contributed by atoms with Gasteiger partial charge in [-0.1, -0.05) is 0 Å². The van der Waals surface area contributed by atoms with Crippen molar-refractivity contribution in [3.63, 3.8) is 0 Å². The second kappa shape index (κ2) is 44.9. The van der Waals surface area contributed by atoms with Crippen LogP contribution in [0.2, 0.25) is 0 Å². The van der Waals surface area contributed by atoms with Crippen LogP contribution in [0.5, 0.6) is 0 Å². The molecule has 0 unspecified atom stereocenters. The highest BCUT2D eigenvalue weighted by molar-refractivity contribution is 7.98. The fraction of sp³-hybridized carbons (Fsp3) is 0.417. The van der Waals surface area contributed by atoms with Crippen molar-refractivity contribution in [1.82, 2.24) is 19.9 Å². The number of hydrogen-bond donors (Lipinski definition) is 13. The molecular weight excluding hydrogens is 1170 g/mol. The molecule has 4 heterocycles. The number of thioether (sulfide) groups is 3. The third-order valence-electron chi connectivity index (χ3n) is 6.55. The largest absolute Gasteiger partial charge is 1.00 e. The summed E-state index contributed by atoms with van der Waals surface area (Å²) in [5.41, 5.74) is 65.4. The first kappa shape index (κ1) is 72.7. The van der Waals surface area contributed by atoms with Crippen LogP contribution in [-0.2, 0) is 42.3 Å². The van der Waals surface area contributed by atoms with Crippen molar-refractivity contribution in [2.45, 2.75) is 55.7 Å². The van der Waals surface area contributed by atoms with Crippen LogP contribution < -0.4 is 81.2 Å². The highest BCUT2D eigenvalue weighted by Gasteiger charge is 2.07. The van der Waals surface area contributed by atoms with Crippen molar-refractivity contribution in [3.8, 4) is 0 Å².